The lowest BCUT2D eigenvalue weighted by molar-refractivity contribution is 0.241. The second kappa shape index (κ2) is 8.64. The lowest BCUT2D eigenvalue weighted by atomic mass is 9.81. The molecule has 0 bridgehead atoms. The molecule has 2 aliphatic rings. The molecule has 0 atom stereocenters. The SMILES string of the molecule is CCC1CCC(Cn2nc(-c3cccc(F)c3F)c(C3=CCCC=C3)c2C)CC1. The van der Waals surface area contributed by atoms with Crippen molar-refractivity contribution in [3.63, 3.8) is 0 Å². The Labute approximate surface area is 172 Å². The van der Waals surface area contributed by atoms with Gasteiger partial charge in [0.15, 0.2) is 11.6 Å². The van der Waals surface area contributed by atoms with Gasteiger partial charge in [-0.25, -0.2) is 8.78 Å². The molecule has 1 aromatic heterocycles. The van der Waals surface area contributed by atoms with Crippen molar-refractivity contribution in [2.75, 3.05) is 0 Å². The number of aromatic nitrogens is 2. The van der Waals surface area contributed by atoms with Crippen molar-refractivity contribution in [2.24, 2.45) is 11.8 Å². The number of nitrogens with zero attached hydrogens (tertiary/aromatic N) is 2. The van der Waals surface area contributed by atoms with Crippen molar-refractivity contribution >= 4 is 5.57 Å². The van der Waals surface area contributed by atoms with Crippen LogP contribution in [-0.2, 0) is 6.54 Å². The molecular formula is C25H30F2N2. The van der Waals surface area contributed by atoms with Crippen LogP contribution >= 0.6 is 0 Å². The third kappa shape index (κ3) is 4.08. The first-order chi connectivity index (χ1) is 14.1. The molecule has 0 N–H and O–H groups in total. The molecule has 4 rings (SSSR count). The average molecular weight is 397 g/mol. The number of rotatable bonds is 5. The summed E-state index contributed by atoms with van der Waals surface area (Å²) in [6.45, 7) is 5.19. The lowest BCUT2D eigenvalue weighted by Gasteiger charge is -2.28. The fourth-order valence-electron chi connectivity index (χ4n) is 4.81. The minimum absolute atomic E-state index is 0.247. The van der Waals surface area contributed by atoms with Crippen LogP contribution in [0.15, 0.2) is 36.4 Å². The zero-order valence-corrected chi connectivity index (χ0v) is 17.4. The number of hydrogen-bond donors (Lipinski definition) is 0. The van der Waals surface area contributed by atoms with Crippen LogP contribution in [-0.4, -0.2) is 9.78 Å². The van der Waals surface area contributed by atoms with E-state index in [2.05, 4.69) is 32.1 Å². The van der Waals surface area contributed by atoms with Gasteiger partial charge in [-0.2, -0.15) is 5.10 Å². The molecule has 1 saturated carbocycles. The van der Waals surface area contributed by atoms with Gasteiger partial charge in [0.25, 0.3) is 0 Å². The van der Waals surface area contributed by atoms with Crippen LogP contribution in [0.3, 0.4) is 0 Å². The number of allylic oxidation sites excluding steroid dienone is 4. The van der Waals surface area contributed by atoms with E-state index in [1.807, 2.05) is 4.68 Å². The van der Waals surface area contributed by atoms with Crippen LogP contribution in [0.5, 0.6) is 0 Å². The highest BCUT2D eigenvalue weighted by Crippen LogP contribution is 2.37. The van der Waals surface area contributed by atoms with Crippen LogP contribution < -0.4 is 0 Å². The molecule has 1 fully saturated rings. The zero-order chi connectivity index (χ0) is 20.4. The third-order valence-corrected chi connectivity index (χ3v) is 6.67. The van der Waals surface area contributed by atoms with E-state index in [-0.39, 0.29) is 5.56 Å². The maximum absolute atomic E-state index is 14.7. The quantitative estimate of drug-likeness (QED) is 0.528. The molecule has 1 aromatic carbocycles. The zero-order valence-electron chi connectivity index (χ0n) is 17.4. The van der Waals surface area contributed by atoms with Gasteiger partial charge in [-0.05, 0) is 62.1 Å². The van der Waals surface area contributed by atoms with Gasteiger partial charge in [-0.3, -0.25) is 4.68 Å². The second-order valence-corrected chi connectivity index (χ2v) is 8.53. The minimum Gasteiger partial charge on any atom is -0.268 e. The molecule has 0 radical (unpaired) electrons. The largest absolute Gasteiger partial charge is 0.268 e. The van der Waals surface area contributed by atoms with Gasteiger partial charge in [0.1, 0.15) is 5.69 Å². The molecule has 0 spiro atoms. The predicted molar refractivity (Wildman–Crippen MR) is 114 cm³/mol. The Balaban J connectivity index is 1.72. The minimum atomic E-state index is -0.827. The highest BCUT2D eigenvalue weighted by molar-refractivity contribution is 5.85. The van der Waals surface area contributed by atoms with E-state index in [1.165, 1.54) is 32.1 Å². The average Bonchev–Trinajstić information content (AvgIpc) is 3.07. The summed E-state index contributed by atoms with van der Waals surface area (Å²) >= 11 is 0. The summed E-state index contributed by atoms with van der Waals surface area (Å²) in [5.41, 5.74) is 3.84. The summed E-state index contributed by atoms with van der Waals surface area (Å²) < 4.78 is 30.6. The molecule has 2 aliphatic carbocycles. The third-order valence-electron chi connectivity index (χ3n) is 6.67. The maximum Gasteiger partial charge on any atom is 0.168 e. The Kier molecular flexibility index (Phi) is 5.98. The van der Waals surface area contributed by atoms with E-state index in [0.717, 1.165) is 48.2 Å². The first-order valence-corrected chi connectivity index (χ1v) is 11.0. The topological polar surface area (TPSA) is 17.8 Å². The van der Waals surface area contributed by atoms with Crippen LogP contribution in [0, 0.1) is 30.4 Å². The van der Waals surface area contributed by atoms with Crippen molar-refractivity contribution in [3.8, 4) is 11.3 Å². The summed E-state index contributed by atoms with van der Waals surface area (Å²) in [6, 6.07) is 4.35. The molecule has 0 amide bonds. The van der Waals surface area contributed by atoms with Crippen LogP contribution in [0.25, 0.3) is 16.8 Å². The van der Waals surface area contributed by atoms with Gasteiger partial charge in [0.05, 0.1) is 0 Å². The molecular weight excluding hydrogens is 366 g/mol. The highest BCUT2D eigenvalue weighted by atomic mass is 19.2. The summed E-state index contributed by atoms with van der Waals surface area (Å²) in [5, 5.41) is 4.83. The van der Waals surface area contributed by atoms with Gasteiger partial charge in [-0.1, -0.05) is 50.5 Å². The van der Waals surface area contributed by atoms with Crippen LogP contribution in [0.1, 0.15) is 63.1 Å². The maximum atomic E-state index is 14.7. The van der Waals surface area contributed by atoms with E-state index < -0.39 is 11.6 Å². The molecule has 0 aliphatic heterocycles. The first-order valence-electron chi connectivity index (χ1n) is 11.0. The standard InChI is InChI=1S/C25H30F2N2/c1-3-18-12-14-19(15-13-18)16-29-17(2)23(20-8-5-4-6-9-20)25(28-29)21-10-7-11-22(26)24(21)27/h5,7-11,18-19H,3-4,6,12-16H2,1-2H3. The molecule has 29 heavy (non-hydrogen) atoms. The van der Waals surface area contributed by atoms with Crippen molar-refractivity contribution in [1.82, 2.24) is 9.78 Å². The first kappa shape index (κ1) is 20.1. The monoisotopic (exact) mass is 396 g/mol. The van der Waals surface area contributed by atoms with Crippen molar-refractivity contribution in [3.05, 3.63) is 59.3 Å². The van der Waals surface area contributed by atoms with Gasteiger partial charge in [-0.15, -0.1) is 0 Å². The number of halogens is 2. The van der Waals surface area contributed by atoms with Crippen LogP contribution in [0.2, 0.25) is 0 Å². The summed E-state index contributed by atoms with van der Waals surface area (Å²) in [6.07, 6.45) is 14.7. The highest BCUT2D eigenvalue weighted by Gasteiger charge is 2.25. The summed E-state index contributed by atoms with van der Waals surface area (Å²) in [7, 11) is 0. The molecule has 2 nitrogen and oxygen atoms in total. The number of hydrogen-bond acceptors (Lipinski definition) is 1. The number of benzene rings is 1. The van der Waals surface area contributed by atoms with E-state index in [0.29, 0.717) is 11.6 Å². The summed E-state index contributed by atoms with van der Waals surface area (Å²) in [5.74, 6) is -0.186. The lowest BCUT2D eigenvalue weighted by Crippen LogP contribution is -2.20. The Morgan fingerprint density at radius 2 is 1.83 bits per heavy atom. The fourth-order valence-corrected chi connectivity index (χ4v) is 4.81. The molecule has 154 valence electrons. The van der Waals surface area contributed by atoms with Crippen molar-refractivity contribution in [1.29, 1.82) is 0 Å². The van der Waals surface area contributed by atoms with E-state index in [1.54, 1.807) is 12.1 Å². The predicted octanol–water partition coefficient (Wildman–Crippen LogP) is 7.09. The Morgan fingerprint density at radius 1 is 1.07 bits per heavy atom. The van der Waals surface area contributed by atoms with Gasteiger partial charge < -0.3 is 0 Å². The van der Waals surface area contributed by atoms with Crippen LogP contribution in [0.4, 0.5) is 8.78 Å². The Bertz CT molecular complexity index is 931. The van der Waals surface area contributed by atoms with Crippen molar-refractivity contribution in [2.45, 2.75) is 65.3 Å². The molecule has 0 unspecified atom stereocenters. The van der Waals surface area contributed by atoms with Gasteiger partial charge >= 0.3 is 0 Å². The molecule has 4 heteroatoms. The smallest absolute Gasteiger partial charge is 0.168 e. The van der Waals surface area contributed by atoms with Gasteiger partial charge in [0, 0.05) is 23.4 Å². The Morgan fingerprint density at radius 3 is 2.52 bits per heavy atom. The second-order valence-electron chi connectivity index (χ2n) is 8.53. The fraction of sp³-hybridized carbons (Fsp3) is 0.480. The summed E-state index contributed by atoms with van der Waals surface area (Å²) in [4.78, 5) is 0. The molecule has 1 heterocycles. The molecule has 2 aromatic rings. The normalized spacial score (nSPS) is 22.0. The van der Waals surface area contributed by atoms with Gasteiger partial charge in [0.2, 0.25) is 0 Å². The Hall–Kier alpha value is -2.23. The molecule has 0 saturated heterocycles. The van der Waals surface area contributed by atoms with E-state index in [4.69, 9.17) is 5.10 Å². The van der Waals surface area contributed by atoms with E-state index in [9.17, 15) is 8.78 Å². The van der Waals surface area contributed by atoms with Crippen molar-refractivity contribution < 1.29 is 8.78 Å². The van der Waals surface area contributed by atoms with E-state index >= 15 is 0 Å².